The van der Waals surface area contributed by atoms with Crippen LogP contribution in [0.15, 0.2) is 33.1 Å². The molecule has 0 aliphatic carbocycles. The number of aromatic nitrogens is 2. The Balaban J connectivity index is 1.41. The van der Waals surface area contributed by atoms with Gasteiger partial charge in [0.25, 0.3) is 5.91 Å². The number of carboxylic acids is 1. The van der Waals surface area contributed by atoms with Gasteiger partial charge in [-0.2, -0.15) is 11.8 Å². The van der Waals surface area contributed by atoms with E-state index in [4.69, 9.17) is 11.5 Å². The number of nitrogen functional groups attached to an aromatic ring is 1. The molecule has 36 heavy (non-hydrogen) atoms. The zero-order valence-corrected chi connectivity index (χ0v) is 22.0. The quantitative estimate of drug-likeness (QED) is 0.0875. The van der Waals surface area contributed by atoms with Crippen LogP contribution in [0.25, 0.3) is 0 Å². The Morgan fingerprint density at radius 3 is 2.86 bits per heavy atom. The summed E-state index contributed by atoms with van der Waals surface area (Å²) >= 11 is 5.45. The summed E-state index contributed by atoms with van der Waals surface area (Å²) in [6.45, 7) is 0.554. The van der Waals surface area contributed by atoms with Crippen LogP contribution in [-0.4, -0.2) is 89.4 Å². The van der Waals surface area contributed by atoms with Gasteiger partial charge in [-0.3, -0.25) is 14.4 Å². The number of amides is 2. The van der Waals surface area contributed by atoms with Gasteiger partial charge in [0.05, 0.1) is 5.69 Å². The number of nitrogens with one attached hydrogen (secondary N) is 1. The van der Waals surface area contributed by atoms with Crippen molar-refractivity contribution >= 4 is 75.9 Å². The van der Waals surface area contributed by atoms with Crippen molar-refractivity contribution in [3.63, 3.8) is 0 Å². The summed E-state index contributed by atoms with van der Waals surface area (Å²) in [6, 6.07) is 3.64. The topological polar surface area (TPSA) is 197 Å². The van der Waals surface area contributed by atoms with Crippen LogP contribution in [0.1, 0.15) is 11.4 Å². The van der Waals surface area contributed by atoms with Gasteiger partial charge in [0.15, 0.2) is 10.1 Å². The number of pyridine rings is 1. The first kappa shape index (κ1) is 26.5. The minimum atomic E-state index is -1.27. The summed E-state index contributed by atoms with van der Waals surface area (Å²) in [5, 5.41) is 26.5. The van der Waals surface area contributed by atoms with Crippen LogP contribution in [-0.2, 0) is 20.1 Å². The van der Waals surface area contributed by atoms with E-state index >= 15 is 0 Å². The second kappa shape index (κ2) is 11.2. The van der Waals surface area contributed by atoms with Crippen molar-refractivity contribution in [3.8, 4) is 0 Å². The van der Waals surface area contributed by atoms with Crippen LogP contribution in [0, 0.1) is 0 Å². The monoisotopic (exact) mass is 569 g/mol. The van der Waals surface area contributed by atoms with Gasteiger partial charge in [-0.15, -0.1) is 23.1 Å². The lowest BCUT2D eigenvalue weighted by molar-refractivity contribution is -0.151. The Kier molecular flexibility index (Phi) is 8.29. The highest BCUT2D eigenvalue weighted by atomic mass is 32.2. The lowest BCUT2D eigenvalue weighted by Gasteiger charge is -2.53. The molecular weight excluding hydrogens is 547 g/mol. The first-order valence-corrected chi connectivity index (χ1v) is 14.5. The number of aliphatic carboxylic acids is 1. The van der Waals surface area contributed by atoms with Gasteiger partial charge in [0.2, 0.25) is 5.91 Å². The molecule has 4 heterocycles. The number of hydrogen-bond acceptors (Lipinski definition) is 13. The number of carboxylic acid groups (broad SMARTS) is 1. The molecule has 0 saturated carbocycles. The van der Waals surface area contributed by atoms with Crippen molar-refractivity contribution in [1.29, 1.82) is 0 Å². The van der Waals surface area contributed by atoms with Gasteiger partial charge < -0.3 is 32.0 Å². The number of thioether (sulfide) groups is 3. The molecule has 1 unspecified atom stereocenters. The molecule has 2 aliphatic heterocycles. The number of oxime groups is 1. The Morgan fingerprint density at radius 1 is 1.36 bits per heavy atom. The van der Waals surface area contributed by atoms with E-state index in [9.17, 15) is 24.7 Å². The molecule has 2 aromatic heterocycles. The molecule has 2 amide bonds. The van der Waals surface area contributed by atoms with Gasteiger partial charge >= 0.3 is 5.97 Å². The molecule has 0 spiro atoms. The SMILES string of the molecule is NCCSCc1csc(SC2(C(=O)O)CS[C@@H]3[C@H](NC(=O)/C(=N\O)c4cccc(N)n4)C(=O)N3C2)n1. The number of rotatable bonds is 10. The van der Waals surface area contributed by atoms with E-state index in [0.29, 0.717) is 16.6 Å². The highest BCUT2D eigenvalue weighted by Gasteiger charge is 2.58. The van der Waals surface area contributed by atoms with Crippen molar-refractivity contribution in [3.05, 3.63) is 35.0 Å². The fourth-order valence-electron chi connectivity index (χ4n) is 3.62. The second-order valence-electron chi connectivity index (χ2n) is 7.86. The van der Waals surface area contributed by atoms with Crippen LogP contribution in [0.5, 0.6) is 0 Å². The minimum Gasteiger partial charge on any atom is -0.480 e. The molecule has 4 rings (SSSR count). The third-order valence-corrected chi connectivity index (χ3v) is 10.4. The number of nitrogens with two attached hydrogens (primary N) is 2. The maximum absolute atomic E-state index is 12.9. The molecular formula is C20H23N7O5S4. The average Bonchev–Trinajstić information content (AvgIpc) is 3.30. The highest BCUT2D eigenvalue weighted by Crippen LogP contribution is 2.47. The number of nitrogens with zero attached hydrogens (tertiary/aromatic N) is 4. The summed E-state index contributed by atoms with van der Waals surface area (Å²) in [5.41, 5.74) is 11.7. The van der Waals surface area contributed by atoms with Gasteiger partial charge in [-0.05, 0) is 12.1 Å². The van der Waals surface area contributed by atoms with E-state index in [2.05, 4.69) is 20.4 Å². The van der Waals surface area contributed by atoms with Crippen molar-refractivity contribution in [2.45, 2.75) is 26.3 Å². The third-order valence-electron chi connectivity index (χ3n) is 5.38. The van der Waals surface area contributed by atoms with E-state index in [-0.39, 0.29) is 29.5 Å². The summed E-state index contributed by atoms with van der Waals surface area (Å²) in [5.74, 6) is -0.379. The van der Waals surface area contributed by atoms with Gasteiger partial charge in [0.1, 0.15) is 27.7 Å². The standard InChI is InChI=1S/C20H23N7O5S4/c21-4-5-33-6-10-7-34-19(23-10)36-20(18(30)31)8-27-16(29)14(17(27)35-9-20)25-15(28)13(26-32)11-2-1-3-12(22)24-11/h1-3,7,14,17,32H,4-6,8-9,21H2,(H2,22,24)(H,25,28)(H,30,31)/b26-13-/t14-,17-,20?/m1/s1. The molecule has 0 radical (unpaired) electrons. The summed E-state index contributed by atoms with van der Waals surface area (Å²) in [7, 11) is 0. The van der Waals surface area contributed by atoms with Gasteiger partial charge in [-0.1, -0.05) is 23.0 Å². The van der Waals surface area contributed by atoms with E-state index in [1.165, 1.54) is 40.1 Å². The van der Waals surface area contributed by atoms with Crippen LogP contribution in [0.2, 0.25) is 0 Å². The maximum atomic E-state index is 12.9. The molecule has 2 fully saturated rings. The molecule has 7 N–H and O–H groups in total. The fourth-order valence-corrected chi connectivity index (χ4v) is 8.37. The maximum Gasteiger partial charge on any atom is 0.322 e. The Bertz CT molecular complexity index is 1190. The number of thiazole rings is 1. The molecule has 16 heteroatoms. The smallest absolute Gasteiger partial charge is 0.322 e. The molecule has 12 nitrogen and oxygen atoms in total. The first-order valence-electron chi connectivity index (χ1n) is 10.6. The normalized spacial score (nSPS) is 23.6. The third kappa shape index (κ3) is 5.41. The molecule has 2 saturated heterocycles. The average molecular weight is 570 g/mol. The van der Waals surface area contributed by atoms with Gasteiger partial charge in [0, 0.05) is 35.7 Å². The predicted molar refractivity (Wildman–Crippen MR) is 140 cm³/mol. The zero-order chi connectivity index (χ0) is 25.9. The summed E-state index contributed by atoms with van der Waals surface area (Å²) in [4.78, 5) is 47.8. The van der Waals surface area contributed by atoms with Crippen LogP contribution < -0.4 is 16.8 Å². The lowest BCUT2D eigenvalue weighted by Crippen LogP contribution is -2.74. The summed E-state index contributed by atoms with van der Waals surface area (Å²) < 4.78 is -0.648. The fraction of sp³-hybridized carbons (Fsp3) is 0.400. The van der Waals surface area contributed by atoms with Crippen LogP contribution in [0.3, 0.4) is 0 Å². The largest absolute Gasteiger partial charge is 0.480 e. The second-order valence-corrected chi connectivity index (χ2v) is 12.6. The minimum absolute atomic E-state index is 0.0234. The molecule has 2 aliphatic rings. The van der Waals surface area contributed by atoms with E-state index in [0.717, 1.165) is 23.2 Å². The Hall–Kier alpha value is -2.53. The number of hydrogen-bond donors (Lipinski definition) is 5. The van der Waals surface area contributed by atoms with Crippen LogP contribution in [0.4, 0.5) is 5.82 Å². The first-order chi connectivity index (χ1) is 17.3. The van der Waals surface area contributed by atoms with Gasteiger partial charge in [-0.25, -0.2) is 9.97 Å². The number of anilines is 1. The molecule has 0 bridgehead atoms. The number of fused-ring (bicyclic) bond motifs is 1. The number of carbonyl (C=O) groups is 3. The highest BCUT2D eigenvalue weighted by molar-refractivity contribution is 8.06. The number of carbonyl (C=O) groups excluding carboxylic acids is 2. The van der Waals surface area contributed by atoms with E-state index in [1.54, 1.807) is 17.8 Å². The molecule has 0 aromatic carbocycles. The van der Waals surface area contributed by atoms with E-state index < -0.39 is 33.9 Å². The van der Waals surface area contributed by atoms with Crippen molar-refractivity contribution in [2.24, 2.45) is 10.9 Å². The molecule has 2 aromatic rings. The zero-order valence-electron chi connectivity index (χ0n) is 18.7. The van der Waals surface area contributed by atoms with Crippen LogP contribution >= 0.6 is 46.6 Å². The predicted octanol–water partition coefficient (Wildman–Crippen LogP) is 0.506. The van der Waals surface area contributed by atoms with Crippen molar-refractivity contribution < 1.29 is 24.7 Å². The molecule has 3 atom stereocenters. The Labute approximate surface area is 222 Å². The molecule has 192 valence electrons. The van der Waals surface area contributed by atoms with Crippen molar-refractivity contribution in [2.75, 3.05) is 30.3 Å². The summed E-state index contributed by atoms with van der Waals surface area (Å²) in [6.07, 6.45) is 0. The van der Waals surface area contributed by atoms with E-state index in [1.807, 2.05) is 5.38 Å². The van der Waals surface area contributed by atoms with Crippen molar-refractivity contribution in [1.82, 2.24) is 20.2 Å². The Morgan fingerprint density at radius 2 is 2.17 bits per heavy atom. The lowest BCUT2D eigenvalue weighted by atomic mass is 10.0. The number of β-lactam (4-membered cyclic amide) rings is 1.